The van der Waals surface area contributed by atoms with Crippen molar-refractivity contribution in [2.24, 2.45) is 12.0 Å². The highest BCUT2D eigenvalue weighted by Gasteiger charge is 2.28. The summed E-state index contributed by atoms with van der Waals surface area (Å²) in [5.74, 6) is 0.0469. The lowest BCUT2D eigenvalue weighted by atomic mass is 9.93. The lowest BCUT2D eigenvalue weighted by Crippen LogP contribution is -2.18. The lowest BCUT2D eigenvalue weighted by molar-refractivity contribution is -0.143. The number of carbonyl (C=O) groups is 1. The molecule has 164 valence electrons. The van der Waals surface area contributed by atoms with Gasteiger partial charge in [-0.1, -0.05) is 23.7 Å². The molecule has 7 nitrogen and oxygen atoms in total. The molecule has 3 aromatic rings. The van der Waals surface area contributed by atoms with E-state index >= 15 is 0 Å². The Morgan fingerprint density at radius 1 is 1.16 bits per heavy atom. The Balaban J connectivity index is 2.02. The summed E-state index contributed by atoms with van der Waals surface area (Å²) in [5.41, 5.74) is 4.28. The quantitative estimate of drug-likeness (QED) is 0.548. The van der Waals surface area contributed by atoms with Gasteiger partial charge in [0.2, 0.25) is 5.88 Å². The molecule has 4 rings (SSSR count). The van der Waals surface area contributed by atoms with Crippen LogP contribution in [0.1, 0.15) is 36.1 Å². The van der Waals surface area contributed by atoms with Gasteiger partial charge in [-0.15, -0.1) is 0 Å². The molecule has 3 heterocycles. The molecule has 0 radical (unpaired) electrons. The largest absolute Gasteiger partial charge is 0.481 e. The van der Waals surface area contributed by atoms with Gasteiger partial charge in [0.05, 0.1) is 31.9 Å². The number of esters is 1. The summed E-state index contributed by atoms with van der Waals surface area (Å²) in [7, 11) is 3.23. The van der Waals surface area contributed by atoms with Crippen LogP contribution in [0.3, 0.4) is 0 Å². The standard InChI is InChI=1S/C24H22ClN3O4/c1-4-32-23(30)11-20-16-10-22(29)28(2)13-19(16)18-12-26-21(31-3)9-17(18)24(27-20)14-5-7-15(25)8-6-14/h5-10,12-13,20H,4,11H2,1-3H3. The van der Waals surface area contributed by atoms with Gasteiger partial charge in [-0.2, -0.15) is 0 Å². The van der Waals surface area contributed by atoms with Crippen molar-refractivity contribution >= 4 is 23.3 Å². The summed E-state index contributed by atoms with van der Waals surface area (Å²) in [6, 6.07) is 10.0. The number of nitrogens with zero attached hydrogens (tertiary/aromatic N) is 3. The number of hydrogen-bond donors (Lipinski definition) is 0. The number of carbonyl (C=O) groups excluding carboxylic acids is 1. The average Bonchev–Trinajstić information content (AvgIpc) is 2.90. The summed E-state index contributed by atoms with van der Waals surface area (Å²) in [5, 5.41) is 0.602. The molecule has 0 saturated carbocycles. The van der Waals surface area contributed by atoms with Crippen LogP contribution in [-0.2, 0) is 16.6 Å². The van der Waals surface area contributed by atoms with Gasteiger partial charge in [-0.05, 0) is 24.6 Å². The lowest BCUT2D eigenvalue weighted by Gasteiger charge is -2.15. The van der Waals surface area contributed by atoms with Crippen LogP contribution in [0.5, 0.6) is 5.88 Å². The van der Waals surface area contributed by atoms with E-state index in [9.17, 15) is 9.59 Å². The first kappa shape index (κ1) is 21.8. The van der Waals surface area contributed by atoms with Crippen molar-refractivity contribution in [1.82, 2.24) is 9.55 Å². The van der Waals surface area contributed by atoms with Crippen LogP contribution in [0.25, 0.3) is 11.1 Å². The Morgan fingerprint density at radius 2 is 1.91 bits per heavy atom. The summed E-state index contributed by atoms with van der Waals surface area (Å²) in [6.07, 6.45) is 3.46. The van der Waals surface area contributed by atoms with E-state index in [-0.39, 0.29) is 24.6 Å². The topological polar surface area (TPSA) is 82.8 Å². The third kappa shape index (κ3) is 4.16. The molecule has 0 fully saturated rings. The number of aliphatic imine (C=N–C) groups is 1. The molecule has 0 aliphatic carbocycles. The van der Waals surface area contributed by atoms with E-state index in [4.69, 9.17) is 26.1 Å². The monoisotopic (exact) mass is 451 g/mol. The molecule has 0 saturated heterocycles. The van der Waals surface area contributed by atoms with E-state index in [2.05, 4.69) is 4.98 Å². The fourth-order valence-electron chi connectivity index (χ4n) is 3.77. The molecular formula is C24H22ClN3O4. The van der Waals surface area contributed by atoms with Crippen molar-refractivity contribution in [3.05, 3.63) is 80.9 Å². The first-order valence-corrected chi connectivity index (χ1v) is 10.5. The van der Waals surface area contributed by atoms with Crippen molar-refractivity contribution in [3.8, 4) is 17.0 Å². The number of fused-ring (bicyclic) bond motifs is 3. The summed E-state index contributed by atoms with van der Waals surface area (Å²) in [4.78, 5) is 34.3. The van der Waals surface area contributed by atoms with E-state index in [0.29, 0.717) is 22.2 Å². The van der Waals surface area contributed by atoms with E-state index in [1.165, 1.54) is 10.6 Å². The van der Waals surface area contributed by atoms with Crippen LogP contribution in [0.4, 0.5) is 0 Å². The van der Waals surface area contributed by atoms with Gasteiger partial charge < -0.3 is 14.0 Å². The van der Waals surface area contributed by atoms with Crippen LogP contribution in [0, 0.1) is 0 Å². The second-order valence-electron chi connectivity index (χ2n) is 7.37. The van der Waals surface area contributed by atoms with Gasteiger partial charge in [-0.3, -0.25) is 14.6 Å². The number of pyridine rings is 2. The Hall–Kier alpha value is -3.45. The molecule has 0 amide bonds. The number of aryl methyl sites for hydroxylation is 1. The molecule has 32 heavy (non-hydrogen) atoms. The minimum Gasteiger partial charge on any atom is -0.481 e. The van der Waals surface area contributed by atoms with Gasteiger partial charge in [0, 0.05) is 58.9 Å². The van der Waals surface area contributed by atoms with Crippen molar-refractivity contribution < 1.29 is 14.3 Å². The third-order valence-electron chi connectivity index (χ3n) is 5.32. The van der Waals surface area contributed by atoms with Crippen LogP contribution >= 0.6 is 11.6 Å². The van der Waals surface area contributed by atoms with Gasteiger partial charge in [0.15, 0.2) is 0 Å². The van der Waals surface area contributed by atoms with Crippen molar-refractivity contribution in [2.75, 3.05) is 13.7 Å². The summed E-state index contributed by atoms with van der Waals surface area (Å²) < 4.78 is 12.0. The molecule has 0 spiro atoms. The zero-order valence-corrected chi connectivity index (χ0v) is 18.7. The SMILES string of the molecule is CCOC(=O)CC1N=C(c2ccc(Cl)cc2)c2cc(OC)ncc2-c2cn(C)c(=O)cc21. The Bertz CT molecular complexity index is 1270. The Morgan fingerprint density at radius 3 is 2.59 bits per heavy atom. The molecule has 1 aromatic carbocycles. The third-order valence-corrected chi connectivity index (χ3v) is 5.57. The fraction of sp³-hybridized carbons (Fsp3) is 0.250. The van der Waals surface area contributed by atoms with Crippen molar-refractivity contribution in [2.45, 2.75) is 19.4 Å². The molecule has 1 unspecified atom stereocenters. The number of benzene rings is 1. The van der Waals surface area contributed by atoms with E-state index in [1.54, 1.807) is 45.6 Å². The van der Waals surface area contributed by atoms with Gasteiger partial charge in [0.1, 0.15) is 0 Å². The maximum atomic E-state index is 12.5. The Kier molecular flexibility index (Phi) is 6.10. The highest BCUT2D eigenvalue weighted by Crippen LogP contribution is 2.39. The first-order valence-electron chi connectivity index (χ1n) is 10.2. The molecule has 1 aliphatic rings. The molecule has 0 bridgehead atoms. The predicted octanol–water partition coefficient (Wildman–Crippen LogP) is 3.95. The summed E-state index contributed by atoms with van der Waals surface area (Å²) >= 11 is 6.10. The molecule has 1 aliphatic heterocycles. The normalized spacial score (nSPS) is 14.6. The van der Waals surface area contributed by atoms with Crippen molar-refractivity contribution in [1.29, 1.82) is 0 Å². The molecule has 2 aromatic heterocycles. The second kappa shape index (κ2) is 8.96. The Labute approximate surface area is 190 Å². The van der Waals surface area contributed by atoms with E-state index in [0.717, 1.165) is 22.3 Å². The van der Waals surface area contributed by atoms with Gasteiger partial charge >= 0.3 is 5.97 Å². The average molecular weight is 452 g/mol. The maximum Gasteiger partial charge on any atom is 0.308 e. The minimum absolute atomic E-state index is 0.00362. The van der Waals surface area contributed by atoms with Gasteiger partial charge in [0.25, 0.3) is 5.56 Å². The second-order valence-corrected chi connectivity index (χ2v) is 7.81. The van der Waals surface area contributed by atoms with Crippen LogP contribution < -0.4 is 10.3 Å². The smallest absolute Gasteiger partial charge is 0.308 e. The predicted molar refractivity (Wildman–Crippen MR) is 123 cm³/mol. The highest BCUT2D eigenvalue weighted by molar-refractivity contribution is 6.30. The fourth-order valence-corrected chi connectivity index (χ4v) is 3.90. The van der Waals surface area contributed by atoms with Crippen LogP contribution in [0.15, 0.2) is 58.6 Å². The van der Waals surface area contributed by atoms with Crippen molar-refractivity contribution in [3.63, 3.8) is 0 Å². The highest BCUT2D eigenvalue weighted by atomic mass is 35.5. The van der Waals surface area contributed by atoms with E-state index in [1.807, 2.05) is 18.2 Å². The number of ether oxygens (including phenoxy) is 2. The van der Waals surface area contributed by atoms with Gasteiger partial charge in [-0.25, -0.2) is 4.98 Å². The molecule has 0 N–H and O–H groups in total. The zero-order chi connectivity index (χ0) is 22.8. The molecular weight excluding hydrogens is 430 g/mol. The van der Waals surface area contributed by atoms with Crippen LogP contribution in [-0.4, -0.2) is 34.9 Å². The first-order chi connectivity index (χ1) is 15.4. The van der Waals surface area contributed by atoms with Crippen LogP contribution in [0.2, 0.25) is 5.02 Å². The number of methoxy groups -OCH3 is 1. The number of rotatable bonds is 5. The van der Waals surface area contributed by atoms with E-state index < -0.39 is 6.04 Å². The zero-order valence-electron chi connectivity index (χ0n) is 18.0. The number of hydrogen-bond acceptors (Lipinski definition) is 6. The number of halogens is 1. The maximum absolute atomic E-state index is 12.5. The molecule has 8 heteroatoms. The number of aromatic nitrogens is 2. The molecule has 1 atom stereocenters. The minimum atomic E-state index is -0.609. The summed E-state index contributed by atoms with van der Waals surface area (Å²) in [6.45, 7) is 2.02.